The van der Waals surface area contributed by atoms with E-state index in [1.807, 2.05) is 13.8 Å². The monoisotopic (exact) mass is 234 g/mol. The Kier molecular flexibility index (Phi) is 3.63. The summed E-state index contributed by atoms with van der Waals surface area (Å²) in [6.45, 7) is 5.56. The highest BCUT2D eigenvalue weighted by molar-refractivity contribution is 7.91. The van der Waals surface area contributed by atoms with Crippen LogP contribution in [-0.2, 0) is 10.0 Å². The lowest BCUT2D eigenvalue weighted by molar-refractivity contribution is 0.557. The third kappa shape index (κ3) is 2.76. The van der Waals surface area contributed by atoms with Gasteiger partial charge in [0.25, 0.3) is 10.0 Å². The minimum Gasteiger partial charge on any atom is -0.249 e. The van der Waals surface area contributed by atoms with Crippen LogP contribution in [0.5, 0.6) is 0 Å². The molecule has 1 N–H and O–H groups in total. The summed E-state index contributed by atoms with van der Waals surface area (Å²) in [5, 5.41) is 0.759. The molecule has 1 unspecified atom stereocenters. The fourth-order valence-corrected chi connectivity index (χ4v) is 3.32. The first-order valence-corrected chi connectivity index (χ1v) is 6.70. The van der Waals surface area contributed by atoms with Gasteiger partial charge in [-0.1, -0.05) is 6.92 Å². The van der Waals surface area contributed by atoms with E-state index in [0.717, 1.165) is 11.4 Å². The van der Waals surface area contributed by atoms with Gasteiger partial charge >= 0.3 is 0 Å². The van der Waals surface area contributed by atoms with Crippen molar-refractivity contribution in [3.05, 3.63) is 11.2 Å². The molecule has 80 valence electrons. The maximum absolute atomic E-state index is 11.7. The normalized spacial score (nSPS) is 14.2. The van der Waals surface area contributed by atoms with Gasteiger partial charge in [0.2, 0.25) is 0 Å². The van der Waals surface area contributed by atoms with E-state index in [-0.39, 0.29) is 10.3 Å². The fraction of sp³-hybridized carbons (Fsp3) is 0.625. The summed E-state index contributed by atoms with van der Waals surface area (Å²) in [7, 11) is -3.34. The molecule has 14 heavy (non-hydrogen) atoms. The minimum absolute atomic E-state index is 0.0394. The zero-order chi connectivity index (χ0) is 10.8. The van der Waals surface area contributed by atoms with Crippen LogP contribution in [0.25, 0.3) is 0 Å². The van der Waals surface area contributed by atoms with Gasteiger partial charge in [-0.3, -0.25) is 0 Å². The van der Waals surface area contributed by atoms with Gasteiger partial charge in [0.15, 0.2) is 4.21 Å². The molecule has 0 fully saturated rings. The van der Waals surface area contributed by atoms with E-state index in [4.69, 9.17) is 0 Å². The highest BCUT2D eigenvalue weighted by Crippen LogP contribution is 2.17. The lowest BCUT2D eigenvalue weighted by Gasteiger charge is -2.09. The fourth-order valence-electron chi connectivity index (χ4n) is 0.872. The molecule has 1 atom stereocenters. The average molecular weight is 234 g/mol. The van der Waals surface area contributed by atoms with Crippen molar-refractivity contribution in [3.8, 4) is 0 Å². The lowest BCUT2D eigenvalue weighted by atomic mass is 10.3. The SMILES string of the molecule is CCC(C)NS(=O)(=O)c1cnc(C)s1. The molecule has 0 aliphatic carbocycles. The Morgan fingerprint density at radius 2 is 2.29 bits per heavy atom. The summed E-state index contributed by atoms with van der Waals surface area (Å²) in [6.07, 6.45) is 2.17. The van der Waals surface area contributed by atoms with E-state index in [9.17, 15) is 8.42 Å². The van der Waals surface area contributed by atoms with Gasteiger partial charge in [0.05, 0.1) is 11.2 Å². The lowest BCUT2D eigenvalue weighted by Crippen LogP contribution is -2.31. The van der Waals surface area contributed by atoms with Gasteiger partial charge in [0.1, 0.15) is 0 Å². The van der Waals surface area contributed by atoms with Crippen molar-refractivity contribution in [1.29, 1.82) is 0 Å². The van der Waals surface area contributed by atoms with Crippen LogP contribution in [0.2, 0.25) is 0 Å². The Bertz CT molecular complexity index is 397. The van der Waals surface area contributed by atoms with Crippen molar-refractivity contribution >= 4 is 21.4 Å². The molecular formula is C8H14N2O2S2. The van der Waals surface area contributed by atoms with Gasteiger partial charge in [-0.25, -0.2) is 18.1 Å². The Balaban J connectivity index is 2.86. The Hall–Kier alpha value is -0.460. The molecule has 6 heteroatoms. The van der Waals surface area contributed by atoms with Crippen molar-refractivity contribution in [2.75, 3.05) is 0 Å². The molecule has 0 aromatic carbocycles. The molecule has 0 aliphatic heterocycles. The summed E-state index contributed by atoms with van der Waals surface area (Å²) >= 11 is 1.19. The largest absolute Gasteiger partial charge is 0.251 e. The Morgan fingerprint density at radius 1 is 1.64 bits per heavy atom. The molecule has 0 amide bonds. The van der Waals surface area contributed by atoms with E-state index < -0.39 is 10.0 Å². The van der Waals surface area contributed by atoms with Gasteiger partial charge in [-0.05, 0) is 20.3 Å². The molecule has 1 heterocycles. The van der Waals surface area contributed by atoms with Crippen LogP contribution >= 0.6 is 11.3 Å². The van der Waals surface area contributed by atoms with E-state index >= 15 is 0 Å². The molecule has 1 rings (SSSR count). The topological polar surface area (TPSA) is 59.1 Å². The smallest absolute Gasteiger partial charge is 0.249 e. The highest BCUT2D eigenvalue weighted by atomic mass is 32.2. The summed E-state index contributed by atoms with van der Waals surface area (Å²) < 4.78 is 26.2. The van der Waals surface area contributed by atoms with Crippen molar-refractivity contribution < 1.29 is 8.42 Å². The maximum Gasteiger partial charge on any atom is 0.251 e. The molecule has 0 aliphatic rings. The maximum atomic E-state index is 11.7. The number of sulfonamides is 1. The van der Waals surface area contributed by atoms with Crippen LogP contribution in [0, 0.1) is 6.92 Å². The predicted octanol–water partition coefficient (Wildman–Crippen LogP) is 1.53. The number of hydrogen-bond acceptors (Lipinski definition) is 4. The van der Waals surface area contributed by atoms with Gasteiger partial charge in [-0.2, -0.15) is 0 Å². The number of aromatic nitrogens is 1. The average Bonchev–Trinajstić information content (AvgIpc) is 2.51. The first-order valence-electron chi connectivity index (χ1n) is 4.40. The first-order chi connectivity index (χ1) is 6.45. The Labute approximate surface area is 88.4 Å². The third-order valence-electron chi connectivity index (χ3n) is 1.83. The van der Waals surface area contributed by atoms with Gasteiger partial charge in [0, 0.05) is 6.04 Å². The minimum atomic E-state index is -3.34. The number of hydrogen-bond donors (Lipinski definition) is 1. The molecule has 0 spiro atoms. The van der Waals surface area contributed by atoms with E-state index in [2.05, 4.69) is 9.71 Å². The molecule has 0 saturated carbocycles. The molecule has 1 aromatic rings. The van der Waals surface area contributed by atoms with Crippen LogP contribution in [0.15, 0.2) is 10.4 Å². The molecule has 0 bridgehead atoms. The predicted molar refractivity (Wildman–Crippen MR) is 56.9 cm³/mol. The van der Waals surface area contributed by atoms with E-state index in [1.54, 1.807) is 6.92 Å². The number of nitrogens with one attached hydrogen (secondary N) is 1. The second kappa shape index (κ2) is 4.37. The Morgan fingerprint density at radius 3 is 2.71 bits per heavy atom. The van der Waals surface area contributed by atoms with Crippen LogP contribution in [-0.4, -0.2) is 19.4 Å². The third-order valence-corrected chi connectivity index (χ3v) is 4.80. The summed E-state index contributed by atoms with van der Waals surface area (Å²) in [4.78, 5) is 3.92. The number of nitrogens with zero attached hydrogens (tertiary/aromatic N) is 1. The number of aryl methyl sites for hydroxylation is 1. The molecule has 4 nitrogen and oxygen atoms in total. The summed E-state index contributed by atoms with van der Waals surface area (Å²) in [5.41, 5.74) is 0. The van der Waals surface area contributed by atoms with Gasteiger partial charge < -0.3 is 0 Å². The van der Waals surface area contributed by atoms with Crippen LogP contribution in [0.3, 0.4) is 0 Å². The van der Waals surface area contributed by atoms with Crippen molar-refractivity contribution in [1.82, 2.24) is 9.71 Å². The van der Waals surface area contributed by atoms with Crippen molar-refractivity contribution in [2.24, 2.45) is 0 Å². The van der Waals surface area contributed by atoms with Crippen LogP contribution in [0.1, 0.15) is 25.3 Å². The van der Waals surface area contributed by atoms with Gasteiger partial charge in [-0.15, -0.1) is 11.3 Å². The zero-order valence-corrected chi connectivity index (χ0v) is 10.1. The van der Waals surface area contributed by atoms with E-state index in [1.165, 1.54) is 17.5 Å². The number of rotatable bonds is 4. The quantitative estimate of drug-likeness (QED) is 0.859. The van der Waals surface area contributed by atoms with E-state index in [0.29, 0.717) is 0 Å². The zero-order valence-electron chi connectivity index (χ0n) is 8.44. The van der Waals surface area contributed by atoms with Crippen LogP contribution in [0.4, 0.5) is 0 Å². The van der Waals surface area contributed by atoms with Crippen molar-refractivity contribution in [2.45, 2.75) is 37.4 Å². The highest BCUT2D eigenvalue weighted by Gasteiger charge is 2.18. The number of thiazole rings is 1. The molecule has 0 saturated heterocycles. The summed E-state index contributed by atoms with van der Waals surface area (Å²) in [5.74, 6) is 0. The molecular weight excluding hydrogens is 220 g/mol. The molecule has 0 radical (unpaired) electrons. The second-order valence-corrected chi connectivity index (χ2v) is 6.30. The van der Waals surface area contributed by atoms with Crippen molar-refractivity contribution in [3.63, 3.8) is 0 Å². The first kappa shape index (κ1) is 11.6. The summed E-state index contributed by atoms with van der Waals surface area (Å²) in [6, 6.07) is -0.0394. The second-order valence-electron chi connectivity index (χ2n) is 3.13. The molecule has 1 aromatic heterocycles. The van der Waals surface area contributed by atoms with Crippen LogP contribution < -0.4 is 4.72 Å². The standard InChI is InChI=1S/C8H14N2O2S2/c1-4-6(2)10-14(11,12)8-5-9-7(3)13-8/h5-6,10H,4H2,1-3H3.